The van der Waals surface area contributed by atoms with E-state index in [0.717, 1.165) is 6.42 Å². The van der Waals surface area contributed by atoms with E-state index in [2.05, 4.69) is 19.2 Å². The molecule has 0 amide bonds. The molecule has 1 N–H and O–H groups in total. The molecule has 15 heavy (non-hydrogen) atoms. The van der Waals surface area contributed by atoms with Gasteiger partial charge >= 0.3 is 5.97 Å². The van der Waals surface area contributed by atoms with Gasteiger partial charge in [0.05, 0.1) is 6.42 Å². The minimum absolute atomic E-state index is 0.134. The van der Waals surface area contributed by atoms with Crippen LogP contribution in [-0.2, 0) is 9.53 Å². The van der Waals surface area contributed by atoms with Crippen molar-refractivity contribution < 1.29 is 9.53 Å². The minimum Gasteiger partial charge on any atom is -0.460 e. The lowest BCUT2D eigenvalue weighted by Crippen LogP contribution is -2.37. The Morgan fingerprint density at radius 3 is 2.20 bits per heavy atom. The molecule has 3 nitrogen and oxygen atoms in total. The van der Waals surface area contributed by atoms with Crippen LogP contribution in [0.5, 0.6) is 0 Å². The van der Waals surface area contributed by atoms with Crippen LogP contribution in [0, 0.1) is 0 Å². The Morgan fingerprint density at radius 2 is 1.80 bits per heavy atom. The smallest absolute Gasteiger partial charge is 0.307 e. The van der Waals surface area contributed by atoms with Gasteiger partial charge in [0, 0.05) is 12.1 Å². The zero-order chi connectivity index (χ0) is 12.1. The number of hydrogen-bond donors (Lipinski definition) is 1. The highest BCUT2D eigenvalue weighted by Gasteiger charge is 2.18. The van der Waals surface area contributed by atoms with Crippen molar-refractivity contribution in [2.24, 2.45) is 0 Å². The standard InChI is InChI=1S/C12H25NO2/c1-7-9(2)13-10(3)8-11(14)15-12(4,5)6/h9-10,13H,7-8H2,1-6H3. The Balaban J connectivity index is 3.87. The Labute approximate surface area is 93.6 Å². The molecule has 0 aliphatic carbocycles. The number of carbonyl (C=O) groups excluding carboxylic acids is 1. The minimum atomic E-state index is -0.382. The first kappa shape index (κ1) is 14.4. The van der Waals surface area contributed by atoms with Crippen molar-refractivity contribution >= 4 is 5.97 Å². The number of rotatable bonds is 5. The summed E-state index contributed by atoms with van der Waals surface area (Å²) in [6, 6.07) is 0.622. The van der Waals surface area contributed by atoms with E-state index in [9.17, 15) is 4.79 Å². The summed E-state index contributed by atoms with van der Waals surface area (Å²) in [7, 11) is 0. The number of esters is 1. The number of hydrogen-bond acceptors (Lipinski definition) is 3. The van der Waals surface area contributed by atoms with Gasteiger partial charge < -0.3 is 10.1 Å². The van der Waals surface area contributed by atoms with Gasteiger partial charge in [-0.25, -0.2) is 0 Å². The van der Waals surface area contributed by atoms with Crippen LogP contribution in [0.15, 0.2) is 0 Å². The van der Waals surface area contributed by atoms with Crippen molar-refractivity contribution in [3.8, 4) is 0 Å². The summed E-state index contributed by atoms with van der Waals surface area (Å²) in [6.45, 7) is 11.9. The summed E-state index contributed by atoms with van der Waals surface area (Å²) in [4.78, 5) is 11.5. The molecule has 0 aliphatic rings. The molecule has 90 valence electrons. The van der Waals surface area contributed by atoms with Crippen molar-refractivity contribution in [2.45, 2.75) is 72.1 Å². The quantitative estimate of drug-likeness (QED) is 0.716. The lowest BCUT2D eigenvalue weighted by molar-refractivity contribution is -0.155. The topological polar surface area (TPSA) is 38.3 Å². The maximum Gasteiger partial charge on any atom is 0.307 e. The molecule has 0 spiro atoms. The van der Waals surface area contributed by atoms with E-state index in [4.69, 9.17) is 4.74 Å². The second kappa shape index (κ2) is 6.11. The van der Waals surface area contributed by atoms with Crippen LogP contribution in [0.3, 0.4) is 0 Å². The van der Waals surface area contributed by atoms with Crippen LogP contribution in [0.25, 0.3) is 0 Å². The maximum atomic E-state index is 11.5. The third-order valence-electron chi connectivity index (χ3n) is 2.07. The second-order valence-corrected chi connectivity index (χ2v) is 5.17. The maximum absolute atomic E-state index is 11.5. The summed E-state index contributed by atoms with van der Waals surface area (Å²) in [6.07, 6.45) is 1.50. The Bertz CT molecular complexity index is 196. The molecule has 0 heterocycles. The number of nitrogens with one attached hydrogen (secondary N) is 1. The molecule has 0 saturated heterocycles. The summed E-state index contributed by atoms with van der Waals surface area (Å²) in [5.74, 6) is -0.134. The van der Waals surface area contributed by atoms with Gasteiger partial charge in [-0.2, -0.15) is 0 Å². The van der Waals surface area contributed by atoms with E-state index in [1.165, 1.54) is 0 Å². The van der Waals surface area contributed by atoms with E-state index in [1.807, 2.05) is 27.7 Å². The van der Waals surface area contributed by atoms with Crippen LogP contribution in [0.4, 0.5) is 0 Å². The average Bonchev–Trinajstić information content (AvgIpc) is 1.99. The van der Waals surface area contributed by atoms with Crippen LogP contribution in [0.1, 0.15) is 54.4 Å². The van der Waals surface area contributed by atoms with Gasteiger partial charge in [0.25, 0.3) is 0 Å². The highest BCUT2D eigenvalue weighted by atomic mass is 16.6. The summed E-state index contributed by atoms with van der Waals surface area (Å²) >= 11 is 0. The van der Waals surface area contributed by atoms with Crippen molar-refractivity contribution in [2.75, 3.05) is 0 Å². The predicted octanol–water partition coefficient (Wildman–Crippen LogP) is 2.49. The van der Waals surface area contributed by atoms with E-state index in [0.29, 0.717) is 12.5 Å². The predicted molar refractivity (Wildman–Crippen MR) is 62.8 cm³/mol. The number of ether oxygens (including phenoxy) is 1. The average molecular weight is 215 g/mol. The fourth-order valence-corrected chi connectivity index (χ4v) is 1.30. The zero-order valence-electron chi connectivity index (χ0n) is 10.9. The lowest BCUT2D eigenvalue weighted by atomic mass is 10.1. The number of carbonyl (C=O) groups is 1. The molecule has 0 aromatic heterocycles. The van der Waals surface area contributed by atoms with Crippen molar-refractivity contribution in [1.29, 1.82) is 0 Å². The third kappa shape index (κ3) is 8.43. The van der Waals surface area contributed by atoms with Gasteiger partial charge in [0.2, 0.25) is 0 Å². The second-order valence-electron chi connectivity index (χ2n) is 5.17. The van der Waals surface area contributed by atoms with Gasteiger partial charge in [0.15, 0.2) is 0 Å². The van der Waals surface area contributed by atoms with E-state index in [-0.39, 0.29) is 17.6 Å². The van der Waals surface area contributed by atoms with E-state index in [1.54, 1.807) is 0 Å². The SMILES string of the molecule is CCC(C)NC(C)CC(=O)OC(C)(C)C. The molecule has 0 aliphatic heterocycles. The fourth-order valence-electron chi connectivity index (χ4n) is 1.30. The molecule has 3 heteroatoms. The molecule has 2 unspecified atom stereocenters. The van der Waals surface area contributed by atoms with Crippen LogP contribution in [-0.4, -0.2) is 23.7 Å². The summed E-state index contributed by atoms with van der Waals surface area (Å²) in [5, 5.41) is 3.35. The normalized spacial score (nSPS) is 15.9. The van der Waals surface area contributed by atoms with Gasteiger partial charge in [-0.15, -0.1) is 0 Å². The molecule has 2 atom stereocenters. The van der Waals surface area contributed by atoms with Gasteiger partial charge in [0.1, 0.15) is 5.60 Å². The molecule has 0 aromatic rings. The Kier molecular flexibility index (Phi) is 5.88. The van der Waals surface area contributed by atoms with E-state index >= 15 is 0 Å². The van der Waals surface area contributed by atoms with Crippen molar-refractivity contribution in [3.05, 3.63) is 0 Å². The molecular formula is C12H25NO2. The Morgan fingerprint density at radius 1 is 1.27 bits per heavy atom. The van der Waals surface area contributed by atoms with Gasteiger partial charge in [-0.3, -0.25) is 4.79 Å². The molecule has 0 aromatic carbocycles. The largest absolute Gasteiger partial charge is 0.460 e. The van der Waals surface area contributed by atoms with E-state index < -0.39 is 0 Å². The summed E-state index contributed by atoms with van der Waals surface area (Å²) < 4.78 is 5.24. The first-order chi connectivity index (χ1) is 6.74. The molecular weight excluding hydrogens is 190 g/mol. The highest BCUT2D eigenvalue weighted by molar-refractivity contribution is 5.70. The molecule has 0 bridgehead atoms. The fraction of sp³-hybridized carbons (Fsp3) is 0.917. The van der Waals surface area contributed by atoms with Gasteiger partial charge in [-0.1, -0.05) is 6.92 Å². The first-order valence-electron chi connectivity index (χ1n) is 5.72. The summed E-state index contributed by atoms with van der Waals surface area (Å²) in [5.41, 5.74) is -0.382. The van der Waals surface area contributed by atoms with Crippen molar-refractivity contribution in [1.82, 2.24) is 5.32 Å². The van der Waals surface area contributed by atoms with Crippen molar-refractivity contribution in [3.63, 3.8) is 0 Å². The third-order valence-corrected chi connectivity index (χ3v) is 2.07. The molecule has 0 rings (SSSR count). The first-order valence-corrected chi connectivity index (χ1v) is 5.72. The molecule has 0 fully saturated rings. The van der Waals surface area contributed by atoms with Crippen LogP contribution >= 0.6 is 0 Å². The van der Waals surface area contributed by atoms with Gasteiger partial charge in [-0.05, 0) is 41.0 Å². The zero-order valence-corrected chi connectivity index (χ0v) is 10.9. The highest BCUT2D eigenvalue weighted by Crippen LogP contribution is 2.09. The van der Waals surface area contributed by atoms with Crippen LogP contribution in [0.2, 0.25) is 0 Å². The Hall–Kier alpha value is -0.570. The van der Waals surface area contributed by atoms with Crippen LogP contribution < -0.4 is 5.32 Å². The molecule has 0 radical (unpaired) electrons. The lowest BCUT2D eigenvalue weighted by Gasteiger charge is -2.22. The monoisotopic (exact) mass is 215 g/mol. The molecule has 0 saturated carbocycles.